The number of amides is 1. The number of thiophene rings is 1. The molecule has 0 fully saturated rings. The number of benzene rings is 1. The van der Waals surface area contributed by atoms with Crippen LogP contribution in [0.1, 0.15) is 39.2 Å². The lowest BCUT2D eigenvalue weighted by Crippen LogP contribution is -2.16. The highest BCUT2D eigenvalue weighted by molar-refractivity contribution is 7.15. The molecule has 4 aromatic heterocycles. The van der Waals surface area contributed by atoms with Gasteiger partial charge in [0.1, 0.15) is 0 Å². The minimum atomic E-state index is -4.71. The number of nitrogens with one attached hydrogen (secondary N) is 1. The van der Waals surface area contributed by atoms with E-state index in [2.05, 4.69) is 20.5 Å². The molecule has 1 N–H and O–H groups in total. The van der Waals surface area contributed by atoms with E-state index in [1.807, 2.05) is 13.0 Å². The largest absolute Gasteiger partial charge is 0.433 e. The minimum Gasteiger partial charge on any atom is -0.304 e. The molecule has 4 heterocycles. The van der Waals surface area contributed by atoms with E-state index in [1.165, 1.54) is 17.4 Å². The van der Waals surface area contributed by atoms with E-state index >= 15 is 0 Å². The van der Waals surface area contributed by atoms with Gasteiger partial charge in [0.15, 0.2) is 22.9 Å². The fourth-order valence-electron chi connectivity index (χ4n) is 3.86. The van der Waals surface area contributed by atoms with Crippen molar-refractivity contribution in [3.8, 4) is 10.6 Å². The van der Waals surface area contributed by atoms with Crippen molar-refractivity contribution < 1.29 is 18.0 Å². The van der Waals surface area contributed by atoms with Crippen molar-refractivity contribution in [2.24, 2.45) is 0 Å². The van der Waals surface area contributed by atoms with Crippen LogP contribution in [-0.2, 0) is 19.1 Å². The molecule has 0 aliphatic rings. The molecule has 38 heavy (non-hydrogen) atoms. The van der Waals surface area contributed by atoms with Gasteiger partial charge in [-0.05, 0) is 43.7 Å². The number of anilines is 1. The zero-order valence-electron chi connectivity index (χ0n) is 20.0. The molecule has 0 unspecified atom stereocenters. The molecule has 0 spiro atoms. The summed E-state index contributed by atoms with van der Waals surface area (Å²) in [7, 11) is 0. The predicted octanol–water partition coefficient (Wildman–Crippen LogP) is 7.15. The Labute approximate surface area is 228 Å². The Morgan fingerprint density at radius 2 is 1.82 bits per heavy atom. The van der Waals surface area contributed by atoms with Crippen LogP contribution in [0.15, 0.2) is 48.5 Å². The molecule has 0 aliphatic heterocycles. The Bertz CT molecular complexity index is 1650. The summed E-state index contributed by atoms with van der Waals surface area (Å²) in [6, 6.07) is 12.5. The summed E-state index contributed by atoms with van der Waals surface area (Å²) in [6.45, 7) is 4.01. The van der Waals surface area contributed by atoms with Gasteiger partial charge in [-0.3, -0.25) is 9.48 Å². The lowest BCUT2D eigenvalue weighted by atomic mass is 10.2. The van der Waals surface area contributed by atoms with E-state index in [9.17, 15) is 18.0 Å². The van der Waals surface area contributed by atoms with Crippen LogP contribution < -0.4 is 5.32 Å². The van der Waals surface area contributed by atoms with Gasteiger partial charge in [0.2, 0.25) is 0 Å². The molecule has 5 aromatic rings. The highest BCUT2D eigenvalue weighted by Gasteiger charge is 2.36. The predicted molar refractivity (Wildman–Crippen MR) is 141 cm³/mol. The number of hydrogen-bond donors (Lipinski definition) is 1. The van der Waals surface area contributed by atoms with Crippen molar-refractivity contribution in [3.63, 3.8) is 0 Å². The van der Waals surface area contributed by atoms with Gasteiger partial charge >= 0.3 is 6.18 Å². The van der Waals surface area contributed by atoms with E-state index < -0.39 is 17.8 Å². The van der Waals surface area contributed by atoms with Crippen LogP contribution >= 0.6 is 34.5 Å². The first-order valence-corrected chi connectivity index (χ1v) is 13.0. The zero-order chi connectivity index (χ0) is 27.2. The molecule has 0 saturated heterocycles. The second kappa shape index (κ2) is 10.0. The number of hydrogen-bond acceptors (Lipinski definition) is 5. The van der Waals surface area contributed by atoms with Gasteiger partial charge in [-0.1, -0.05) is 36.2 Å². The standard InChI is InChI=1S/C25H19Cl2F3N6OS/c1-3-14-7-8-20(38-14)18-10-21(25(28,29)30)36-23(31-18)11-19(33-36)24(37)32-22-9-13(2)35(34-22)12-15-16(26)5-4-6-17(15)27/h4-11H,3,12H2,1-2H3,(H,32,34,37). The van der Waals surface area contributed by atoms with Crippen LogP contribution in [0.5, 0.6) is 0 Å². The molecule has 13 heteroatoms. The summed E-state index contributed by atoms with van der Waals surface area (Å²) >= 11 is 13.9. The van der Waals surface area contributed by atoms with Crippen LogP contribution in [-0.4, -0.2) is 30.3 Å². The van der Waals surface area contributed by atoms with Gasteiger partial charge in [-0.15, -0.1) is 11.3 Å². The van der Waals surface area contributed by atoms with E-state index in [4.69, 9.17) is 23.2 Å². The van der Waals surface area contributed by atoms with Gasteiger partial charge < -0.3 is 5.32 Å². The van der Waals surface area contributed by atoms with Gasteiger partial charge in [0.25, 0.3) is 5.91 Å². The van der Waals surface area contributed by atoms with Crippen LogP contribution in [0.2, 0.25) is 10.0 Å². The number of rotatable bonds is 6. The van der Waals surface area contributed by atoms with E-state index in [-0.39, 0.29) is 29.4 Å². The average molecular weight is 579 g/mol. The smallest absolute Gasteiger partial charge is 0.304 e. The molecule has 196 valence electrons. The number of nitrogens with zero attached hydrogens (tertiary/aromatic N) is 5. The lowest BCUT2D eigenvalue weighted by Gasteiger charge is -2.10. The summed E-state index contributed by atoms with van der Waals surface area (Å²) in [5.74, 6) is -0.530. The maximum atomic E-state index is 13.9. The summed E-state index contributed by atoms with van der Waals surface area (Å²) in [6.07, 6.45) is -3.95. The number of aryl methyl sites for hydroxylation is 2. The van der Waals surface area contributed by atoms with Crippen molar-refractivity contribution in [2.45, 2.75) is 33.0 Å². The lowest BCUT2D eigenvalue weighted by molar-refractivity contribution is -0.142. The third kappa shape index (κ3) is 5.13. The maximum absolute atomic E-state index is 13.9. The Hall–Kier alpha value is -3.41. The normalized spacial score (nSPS) is 11.9. The van der Waals surface area contributed by atoms with Crippen LogP contribution in [0, 0.1) is 6.92 Å². The monoisotopic (exact) mass is 578 g/mol. The topological polar surface area (TPSA) is 77.1 Å². The first-order valence-electron chi connectivity index (χ1n) is 11.4. The van der Waals surface area contributed by atoms with Gasteiger partial charge in [0, 0.05) is 38.3 Å². The molecular weight excluding hydrogens is 560 g/mol. The van der Waals surface area contributed by atoms with Gasteiger partial charge in [0.05, 0.1) is 17.1 Å². The highest BCUT2D eigenvalue weighted by atomic mass is 35.5. The van der Waals surface area contributed by atoms with Crippen LogP contribution in [0.3, 0.4) is 0 Å². The number of aromatic nitrogens is 5. The molecule has 7 nitrogen and oxygen atoms in total. The second-order valence-corrected chi connectivity index (χ2v) is 10.4. The average Bonchev–Trinajstić information content (AvgIpc) is 3.58. The molecule has 1 amide bonds. The Morgan fingerprint density at radius 1 is 1.08 bits per heavy atom. The highest BCUT2D eigenvalue weighted by Crippen LogP contribution is 2.34. The first-order chi connectivity index (χ1) is 18.0. The quantitative estimate of drug-likeness (QED) is 0.232. The zero-order valence-corrected chi connectivity index (χ0v) is 22.3. The van der Waals surface area contributed by atoms with Crippen LogP contribution in [0.25, 0.3) is 16.2 Å². The SMILES string of the molecule is CCc1ccc(-c2cc(C(F)(F)F)n3nc(C(=O)Nc4cc(C)n(Cc5c(Cl)cccc5Cl)n4)cc3n2)s1. The van der Waals surface area contributed by atoms with Gasteiger partial charge in [-0.25, -0.2) is 9.50 Å². The van der Waals surface area contributed by atoms with Crippen LogP contribution in [0.4, 0.5) is 19.0 Å². The van der Waals surface area contributed by atoms with Gasteiger partial charge in [-0.2, -0.15) is 23.4 Å². The molecule has 0 radical (unpaired) electrons. The first kappa shape index (κ1) is 26.2. The third-order valence-electron chi connectivity index (χ3n) is 5.81. The molecular formula is C25H19Cl2F3N6OS. The fourth-order valence-corrected chi connectivity index (χ4v) is 5.29. The minimum absolute atomic E-state index is 0.0958. The second-order valence-electron chi connectivity index (χ2n) is 8.43. The molecule has 0 aliphatic carbocycles. The number of carbonyl (C=O) groups excluding carboxylic acids is 1. The van der Waals surface area contributed by atoms with E-state index in [0.29, 0.717) is 30.7 Å². The van der Waals surface area contributed by atoms with Crippen molar-refractivity contribution in [2.75, 3.05) is 5.32 Å². The molecule has 0 bridgehead atoms. The number of carbonyl (C=O) groups is 1. The van der Waals surface area contributed by atoms with E-state index in [0.717, 1.165) is 17.4 Å². The van der Waals surface area contributed by atoms with E-state index in [1.54, 1.807) is 41.9 Å². The Kier molecular flexibility index (Phi) is 6.93. The molecule has 0 atom stereocenters. The fraction of sp³-hybridized carbons (Fsp3) is 0.200. The molecule has 1 aromatic carbocycles. The van der Waals surface area contributed by atoms with Crippen molar-refractivity contribution >= 4 is 51.9 Å². The Morgan fingerprint density at radius 3 is 2.47 bits per heavy atom. The van der Waals surface area contributed by atoms with Crippen molar-refractivity contribution in [3.05, 3.63) is 86.1 Å². The number of halogens is 5. The van der Waals surface area contributed by atoms with Crippen molar-refractivity contribution in [1.29, 1.82) is 0 Å². The van der Waals surface area contributed by atoms with Crippen molar-refractivity contribution in [1.82, 2.24) is 24.4 Å². The summed E-state index contributed by atoms with van der Waals surface area (Å²) in [5, 5.41) is 11.8. The third-order valence-corrected chi connectivity index (χ3v) is 7.77. The molecule has 0 saturated carbocycles. The maximum Gasteiger partial charge on any atom is 0.433 e. The Balaban J connectivity index is 1.45. The summed E-state index contributed by atoms with van der Waals surface area (Å²) in [5.41, 5.74) is 0.176. The summed E-state index contributed by atoms with van der Waals surface area (Å²) in [4.78, 5) is 18.9. The number of fused-ring (bicyclic) bond motifs is 1. The summed E-state index contributed by atoms with van der Waals surface area (Å²) < 4.78 is 44.0. The number of alkyl halides is 3. The molecule has 5 rings (SSSR count).